The maximum atomic E-state index is 12.7. The molecule has 1 aromatic rings. The molecule has 0 atom stereocenters. The Labute approximate surface area is 148 Å². The minimum absolute atomic E-state index is 0.0388. The maximum Gasteiger partial charge on any atom is 0.471 e. The van der Waals surface area contributed by atoms with Gasteiger partial charge in [-0.05, 0) is 18.2 Å². The Morgan fingerprint density at radius 2 is 2.00 bits per heavy atom. The molecule has 6 nitrogen and oxygen atoms in total. The molecular weight excluding hydrogens is 353 g/mol. The van der Waals surface area contributed by atoms with Crippen LogP contribution in [0.15, 0.2) is 30.9 Å². The summed E-state index contributed by atoms with van der Waals surface area (Å²) in [5.74, 6) is -2.73. The molecule has 2 rings (SSSR count). The lowest BCUT2D eigenvalue weighted by molar-refractivity contribution is -0.170. The Kier molecular flexibility index (Phi) is 6.25. The van der Waals surface area contributed by atoms with Gasteiger partial charge >= 0.3 is 18.1 Å². The molecule has 0 saturated carbocycles. The molecule has 1 saturated heterocycles. The fourth-order valence-corrected chi connectivity index (χ4v) is 2.50. The third-order valence-electron chi connectivity index (χ3n) is 3.82. The van der Waals surface area contributed by atoms with E-state index in [1.54, 1.807) is 0 Å². The molecule has 142 valence electrons. The Balaban J connectivity index is 2.39. The van der Waals surface area contributed by atoms with Crippen molar-refractivity contribution in [1.82, 2.24) is 0 Å². The molecule has 1 aliphatic rings. The summed E-state index contributed by atoms with van der Waals surface area (Å²) < 4.78 is 48.3. The second-order valence-electron chi connectivity index (χ2n) is 5.55. The van der Waals surface area contributed by atoms with Crippen LogP contribution in [0.1, 0.15) is 10.4 Å². The zero-order valence-corrected chi connectivity index (χ0v) is 14.2. The normalized spacial score (nSPS) is 14.7. The summed E-state index contributed by atoms with van der Waals surface area (Å²) in [6, 6.07) is 4.09. The molecule has 1 heterocycles. The van der Waals surface area contributed by atoms with Gasteiger partial charge in [0.05, 0.1) is 24.5 Å². The molecule has 9 heteroatoms. The van der Waals surface area contributed by atoms with Crippen LogP contribution in [-0.2, 0) is 14.3 Å². The summed E-state index contributed by atoms with van der Waals surface area (Å²) in [5, 5.41) is 0. The van der Waals surface area contributed by atoms with Gasteiger partial charge in [-0.1, -0.05) is 12.7 Å². The fraction of sp³-hybridized carbons (Fsp3) is 0.412. The van der Waals surface area contributed by atoms with Gasteiger partial charge in [0.2, 0.25) is 0 Å². The molecule has 0 unspecified atom stereocenters. The van der Waals surface area contributed by atoms with Gasteiger partial charge in [-0.25, -0.2) is 4.79 Å². The number of amides is 1. The van der Waals surface area contributed by atoms with E-state index in [1.807, 2.05) is 4.90 Å². The van der Waals surface area contributed by atoms with Crippen LogP contribution in [0.25, 0.3) is 0 Å². The van der Waals surface area contributed by atoms with Crippen molar-refractivity contribution >= 4 is 23.3 Å². The summed E-state index contributed by atoms with van der Waals surface area (Å²) in [7, 11) is 0.998. The first-order valence-corrected chi connectivity index (χ1v) is 7.85. The monoisotopic (exact) mass is 372 g/mol. The lowest BCUT2D eigenvalue weighted by Gasteiger charge is -2.31. The summed E-state index contributed by atoms with van der Waals surface area (Å²) in [6.45, 7) is 5.40. The molecule has 1 fully saturated rings. The van der Waals surface area contributed by atoms with Crippen LogP contribution < -0.4 is 9.80 Å². The van der Waals surface area contributed by atoms with E-state index in [9.17, 15) is 22.8 Å². The molecule has 0 aromatic heterocycles. The summed E-state index contributed by atoms with van der Waals surface area (Å²) in [6.07, 6.45) is -3.63. The van der Waals surface area contributed by atoms with Crippen LogP contribution in [-0.4, -0.2) is 58.0 Å². The fourth-order valence-electron chi connectivity index (χ4n) is 2.50. The highest BCUT2D eigenvalue weighted by atomic mass is 19.4. The molecule has 0 bridgehead atoms. The Hall–Kier alpha value is -2.55. The van der Waals surface area contributed by atoms with Gasteiger partial charge in [0.1, 0.15) is 6.61 Å². The Morgan fingerprint density at radius 1 is 1.35 bits per heavy atom. The molecule has 1 amide bonds. The summed E-state index contributed by atoms with van der Waals surface area (Å²) in [4.78, 5) is 26.1. The van der Waals surface area contributed by atoms with Gasteiger partial charge < -0.3 is 19.3 Å². The van der Waals surface area contributed by atoms with Crippen LogP contribution in [0.3, 0.4) is 0 Å². The van der Waals surface area contributed by atoms with Crippen molar-refractivity contribution in [3.8, 4) is 0 Å². The number of hydrogen-bond acceptors (Lipinski definition) is 5. The van der Waals surface area contributed by atoms with Crippen LogP contribution in [0.2, 0.25) is 0 Å². The molecular formula is C17H19F3N2O4. The first-order chi connectivity index (χ1) is 12.3. The highest BCUT2D eigenvalue weighted by Crippen LogP contribution is 2.29. The Bertz CT molecular complexity index is 685. The van der Waals surface area contributed by atoms with Gasteiger partial charge in [0, 0.05) is 25.8 Å². The minimum Gasteiger partial charge on any atom is -0.458 e. The van der Waals surface area contributed by atoms with Crippen LogP contribution in [0.5, 0.6) is 0 Å². The number of carbonyl (C=O) groups excluding carboxylic acids is 2. The van der Waals surface area contributed by atoms with Gasteiger partial charge in [-0.3, -0.25) is 4.79 Å². The van der Waals surface area contributed by atoms with Crippen molar-refractivity contribution in [2.45, 2.75) is 6.18 Å². The van der Waals surface area contributed by atoms with Gasteiger partial charge in [-0.15, -0.1) is 0 Å². The van der Waals surface area contributed by atoms with E-state index in [-0.39, 0.29) is 17.9 Å². The van der Waals surface area contributed by atoms with E-state index in [0.717, 1.165) is 7.05 Å². The number of nitrogens with zero attached hydrogens (tertiary/aromatic N) is 2. The Morgan fingerprint density at radius 3 is 2.58 bits per heavy atom. The van der Waals surface area contributed by atoms with E-state index >= 15 is 0 Å². The van der Waals surface area contributed by atoms with Crippen molar-refractivity contribution in [2.75, 3.05) is 49.8 Å². The van der Waals surface area contributed by atoms with Crippen molar-refractivity contribution < 1.29 is 32.2 Å². The molecule has 0 radical (unpaired) electrons. The number of halogens is 3. The van der Waals surface area contributed by atoms with E-state index in [4.69, 9.17) is 9.47 Å². The average molecular weight is 372 g/mol. The highest BCUT2D eigenvalue weighted by molar-refractivity contribution is 6.01. The standard InChI is InChI=1S/C17H19F3N2O4/c1-3-8-26-15(23)13-11-12(21(2)16(24)17(18,19)20)4-5-14(13)22-6-9-25-10-7-22/h3-5,11H,1,6-10H2,2H3. The molecule has 0 N–H and O–H groups in total. The van der Waals surface area contributed by atoms with Crippen molar-refractivity contribution in [1.29, 1.82) is 0 Å². The summed E-state index contributed by atoms with van der Waals surface area (Å²) >= 11 is 0. The van der Waals surface area contributed by atoms with E-state index in [0.29, 0.717) is 36.9 Å². The number of morpholine rings is 1. The van der Waals surface area contributed by atoms with E-state index in [2.05, 4.69) is 6.58 Å². The molecule has 0 spiro atoms. The van der Waals surface area contributed by atoms with Gasteiger partial charge in [0.25, 0.3) is 0 Å². The lowest BCUT2D eigenvalue weighted by Crippen LogP contribution is -2.39. The number of alkyl halides is 3. The van der Waals surface area contributed by atoms with Crippen LogP contribution >= 0.6 is 0 Å². The highest BCUT2D eigenvalue weighted by Gasteiger charge is 2.42. The number of anilines is 2. The van der Waals surface area contributed by atoms with Crippen molar-refractivity contribution in [3.63, 3.8) is 0 Å². The second-order valence-corrected chi connectivity index (χ2v) is 5.55. The zero-order valence-electron chi connectivity index (χ0n) is 14.2. The quantitative estimate of drug-likeness (QED) is 0.587. The van der Waals surface area contributed by atoms with Gasteiger partial charge in [-0.2, -0.15) is 13.2 Å². The SMILES string of the molecule is C=CCOC(=O)c1cc(N(C)C(=O)C(F)(F)F)ccc1N1CCOCC1. The number of rotatable bonds is 5. The minimum atomic E-state index is -5.01. The summed E-state index contributed by atoms with van der Waals surface area (Å²) in [5.41, 5.74) is 0.530. The molecule has 26 heavy (non-hydrogen) atoms. The lowest BCUT2D eigenvalue weighted by atomic mass is 10.1. The second kappa shape index (κ2) is 8.22. The number of carbonyl (C=O) groups is 2. The predicted molar refractivity (Wildman–Crippen MR) is 89.4 cm³/mol. The smallest absolute Gasteiger partial charge is 0.458 e. The average Bonchev–Trinajstić information content (AvgIpc) is 2.64. The predicted octanol–water partition coefficient (Wildman–Crippen LogP) is 2.39. The topological polar surface area (TPSA) is 59.1 Å². The number of ether oxygens (including phenoxy) is 2. The van der Waals surface area contributed by atoms with Gasteiger partial charge in [0.15, 0.2) is 0 Å². The van der Waals surface area contributed by atoms with Crippen molar-refractivity contribution in [3.05, 3.63) is 36.4 Å². The third-order valence-corrected chi connectivity index (χ3v) is 3.82. The van der Waals surface area contributed by atoms with Crippen molar-refractivity contribution in [2.24, 2.45) is 0 Å². The first kappa shape index (κ1) is 19.8. The van der Waals surface area contributed by atoms with Crippen LogP contribution in [0, 0.1) is 0 Å². The molecule has 1 aromatic carbocycles. The molecule has 0 aliphatic carbocycles. The first-order valence-electron chi connectivity index (χ1n) is 7.85. The maximum absolute atomic E-state index is 12.7. The third kappa shape index (κ3) is 4.54. The largest absolute Gasteiger partial charge is 0.471 e. The number of esters is 1. The van der Waals surface area contributed by atoms with Crippen LogP contribution in [0.4, 0.5) is 24.5 Å². The zero-order chi connectivity index (χ0) is 19.3. The number of hydrogen-bond donors (Lipinski definition) is 0. The van der Waals surface area contributed by atoms with E-state index < -0.39 is 18.1 Å². The van der Waals surface area contributed by atoms with E-state index in [1.165, 1.54) is 24.3 Å². The number of benzene rings is 1. The molecule has 1 aliphatic heterocycles.